The van der Waals surface area contributed by atoms with E-state index in [0.717, 1.165) is 15.7 Å². The van der Waals surface area contributed by atoms with Crippen LogP contribution in [0.2, 0.25) is 5.02 Å². The Morgan fingerprint density at radius 2 is 2.08 bits per heavy atom. The number of nitrogens with one attached hydrogen (secondary N) is 1. The number of halogens is 2. The average Bonchev–Trinajstić information content (AvgIpc) is 2.92. The second-order valence-corrected chi connectivity index (χ2v) is 7.16. The van der Waals surface area contributed by atoms with Gasteiger partial charge < -0.3 is 10.2 Å². The summed E-state index contributed by atoms with van der Waals surface area (Å²) in [5, 5.41) is 3.48. The van der Waals surface area contributed by atoms with Crippen LogP contribution in [0, 0.1) is 12.8 Å². The molecule has 1 aliphatic heterocycles. The van der Waals surface area contributed by atoms with E-state index in [-0.39, 0.29) is 24.2 Å². The SMILES string of the molecule is Cc1ccc(N2C[C@@H](C(=O)Nc3cccc(Br)c3)CC2=O)cc1Cl. The molecule has 2 aromatic rings. The molecule has 2 amide bonds. The predicted molar refractivity (Wildman–Crippen MR) is 99.4 cm³/mol. The van der Waals surface area contributed by atoms with Crippen LogP contribution in [0.4, 0.5) is 11.4 Å². The van der Waals surface area contributed by atoms with Gasteiger partial charge in [0.25, 0.3) is 0 Å². The maximum atomic E-state index is 12.4. The third-order valence-electron chi connectivity index (χ3n) is 4.06. The Balaban J connectivity index is 1.72. The Hall–Kier alpha value is -1.85. The first-order chi connectivity index (χ1) is 11.4. The minimum absolute atomic E-state index is 0.0655. The van der Waals surface area contributed by atoms with Gasteiger partial charge >= 0.3 is 0 Å². The van der Waals surface area contributed by atoms with Crippen LogP contribution >= 0.6 is 27.5 Å². The van der Waals surface area contributed by atoms with Crippen molar-refractivity contribution in [1.82, 2.24) is 0 Å². The highest BCUT2D eigenvalue weighted by Crippen LogP contribution is 2.29. The summed E-state index contributed by atoms with van der Waals surface area (Å²) in [5.74, 6) is -0.594. The number of nitrogens with zero attached hydrogens (tertiary/aromatic N) is 1. The lowest BCUT2D eigenvalue weighted by Crippen LogP contribution is -2.28. The van der Waals surface area contributed by atoms with Gasteiger partial charge in [-0.05, 0) is 42.8 Å². The van der Waals surface area contributed by atoms with Crippen molar-refractivity contribution in [1.29, 1.82) is 0 Å². The Labute approximate surface area is 153 Å². The molecule has 3 rings (SSSR count). The van der Waals surface area contributed by atoms with Crippen LogP contribution in [-0.4, -0.2) is 18.4 Å². The van der Waals surface area contributed by atoms with E-state index < -0.39 is 0 Å². The molecular weight excluding hydrogens is 392 g/mol. The van der Waals surface area contributed by atoms with E-state index in [1.165, 1.54) is 0 Å². The van der Waals surface area contributed by atoms with Crippen LogP contribution in [0.1, 0.15) is 12.0 Å². The Morgan fingerprint density at radius 3 is 2.79 bits per heavy atom. The second kappa shape index (κ2) is 6.95. The van der Waals surface area contributed by atoms with Crippen molar-refractivity contribution in [3.8, 4) is 0 Å². The summed E-state index contributed by atoms with van der Waals surface area (Å²) >= 11 is 9.51. The van der Waals surface area contributed by atoms with Crippen molar-refractivity contribution >= 4 is 50.7 Å². The maximum absolute atomic E-state index is 12.4. The first-order valence-corrected chi connectivity index (χ1v) is 8.74. The number of benzene rings is 2. The largest absolute Gasteiger partial charge is 0.326 e. The molecule has 0 spiro atoms. The molecule has 1 N–H and O–H groups in total. The molecule has 0 unspecified atom stereocenters. The Kier molecular flexibility index (Phi) is 4.92. The van der Waals surface area contributed by atoms with Gasteiger partial charge in [0.15, 0.2) is 0 Å². The number of amides is 2. The third kappa shape index (κ3) is 3.62. The zero-order valence-corrected chi connectivity index (χ0v) is 15.4. The molecule has 1 aliphatic rings. The summed E-state index contributed by atoms with van der Waals surface area (Å²) in [6.07, 6.45) is 0.200. The van der Waals surface area contributed by atoms with Crippen LogP contribution in [0.25, 0.3) is 0 Å². The number of rotatable bonds is 3. The number of carbonyl (C=O) groups excluding carboxylic acids is 2. The summed E-state index contributed by atoms with van der Waals surface area (Å²) in [6.45, 7) is 2.27. The molecule has 0 radical (unpaired) electrons. The molecule has 0 bridgehead atoms. The molecule has 6 heteroatoms. The molecule has 0 saturated carbocycles. The Bertz CT molecular complexity index is 809. The van der Waals surface area contributed by atoms with Crippen molar-refractivity contribution in [2.45, 2.75) is 13.3 Å². The van der Waals surface area contributed by atoms with Crippen molar-refractivity contribution in [2.75, 3.05) is 16.8 Å². The summed E-state index contributed by atoms with van der Waals surface area (Å²) in [5.41, 5.74) is 2.39. The standard InChI is InChI=1S/C18H16BrClN2O2/c1-11-5-6-15(9-16(11)20)22-10-12(7-17(22)23)18(24)21-14-4-2-3-13(19)8-14/h2-6,8-9,12H,7,10H2,1H3,(H,21,24)/t12-/m0/s1. The van der Waals surface area contributed by atoms with E-state index in [1.54, 1.807) is 11.0 Å². The number of hydrogen-bond acceptors (Lipinski definition) is 2. The lowest BCUT2D eigenvalue weighted by molar-refractivity contribution is -0.122. The van der Waals surface area contributed by atoms with Crippen LogP contribution in [-0.2, 0) is 9.59 Å². The fourth-order valence-corrected chi connectivity index (χ4v) is 3.27. The molecule has 0 aromatic heterocycles. The van der Waals surface area contributed by atoms with E-state index >= 15 is 0 Å². The van der Waals surface area contributed by atoms with Gasteiger partial charge in [-0.2, -0.15) is 0 Å². The number of hydrogen-bond donors (Lipinski definition) is 1. The minimum atomic E-state index is -0.378. The van der Waals surface area contributed by atoms with E-state index in [2.05, 4.69) is 21.2 Å². The van der Waals surface area contributed by atoms with Crippen LogP contribution < -0.4 is 10.2 Å². The number of anilines is 2. The van der Waals surface area contributed by atoms with Gasteiger partial charge in [-0.15, -0.1) is 0 Å². The maximum Gasteiger partial charge on any atom is 0.229 e. The summed E-state index contributed by atoms with van der Waals surface area (Å²) in [7, 11) is 0. The minimum Gasteiger partial charge on any atom is -0.326 e. The summed E-state index contributed by atoms with van der Waals surface area (Å²) < 4.78 is 0.888. The molecule has 1 saturated heterocycles. The lowest BCUT2D eigenvalue weighted by atomic mass is 10.1. The van der Waals surface area contributed by atoms with Gasteiger partial charge in [-0.3, -0.25) is 9.59 Å². The molecule has 124 valence electrons. The zero-order chi connectivity index (χ0) is 17.3. The van der Waals surface area contributed by atoms with E-state index in [0.29, 0.717) is 17.3 Å². The van der Waals surface area contributed by atoms with Crippen LogP contribution in [0.5, 0.6) is 0 Å². The monoisotopic (exact) mass is 406 g/mol. The van der Waals surface area contributed by atoms with Crippen LogP contribution in [0.15, 0.2) is 46.9 Å². The molecule has 0 aliphatic carbocycles. The van der Waals surface area contributed by atoms with Gasteiger partial charge in [-0.1, -0.05) is 39.7 Å². The number of aryl methyl sites for hydroxylation is 1. The highest BCUT2D eigenvalue weighted by atomic mass is 79.9. The number of carbonyl (C=O) groups is 2. The Morgan fingerprint density at radius 1 is 1.29 bits per heavy atom. The molecule has 1 fully saturated rings. The molecule has 1 heterocycles. The molecule has 24 heavy (non-hydrogen) atoms. The van der Waals surface area contributed by atoms with Crippen molar-refractivity contribution in [2.24, 2.45) is 5.92 Å². The van der Waals surface area contributed by atoms with Gasteiger partial charge in [-0.25, -0.2) is 0 Å². The van der Waals surface area contributed by atoms with Gasteiger partial charge in [0.2, 0.25) is 11.8 Å². The topological polar surface area (TPSA) is 49.4 Å². The molecular formula is C18H16BrClN2O2. The van der Waals surface area contributed by atoms with Gasteiger partial charge in [0.1, 0.15) is 0 Å². The van der Waals surface area contributed by atoms with E-state index in [1.807, 2.05) is 43.3 Å². The smallest absolute Gasteiger partial charge is 0.229 e. The quantitative estimate of drug-likeness (QED) is 0.819. The normalized spacial score (nSPS) is 17.2. The highest BCUT2D eigenvalue weighted by Gasteiger charge is 2.35. The first-order valence-electron chi connectivity index (χ1n) is 7.57. The average molecular weight is 408 g/mol. The van der Waals surface area contributed by atoms with Crippen molar-refractivity contribution in [3.63, 3.8) is 0 Å². The molecule has 1 atom stereocenters. The fraction of sp³-hybridized carbons (Fsp3) is 0.222. The highest BCUT2D eigenvalue weighted by molar-refractivity contribution is 9.10. The summed E-state index contributed by atoms with van der Waals surface area (Å²) in [4.78, 5) is 26.3. The van der Waals surface area contributed by atoms with Crippen molar-refractivity contribution < 1.29 is 9.59 Å². The third-order valence-corrected chi connectivity index (χ3v) is 4.96. The fourth-order valence-electron chi connectivity index (χ4n) is 2.69. The van der Waals surface area contributed by atoms with E-state index in [4.69, 9.17) is 11.6 Å². The predicted octanol–water partition coefficient (Wildman–Crippen LogP) is 4.40. The summed E-state index contributed by atoms with van der Waals surface area (Å²) in [6, 6.07) is 12.9. The second-order valence-electron chi connectivity index (χ2n) is 5.84. The van der Waals surface area contributed by atoms with Gasteiger partial charge in [0.05, 0.1) is 5.92 Å². The zero-order valence-electron chi connectivity index (χ0n) is 13.1. The van der Waals surface area contributed by atoms with Crippen molar-refractivity contribution in [3.05, 3.63) is 57.5 Å². The lowest BCUT2D eigenvalue weighted by Gasteiger charge is -2.17. The molecule has 2 aromatic carbocycles. The van der Waals surface area contributed by atoms with Crippen LogP contribution in [0.3, 0.4) is 0 Å². The van der Waals surface area contributed by atoms with Gasteiger partial charge in [0, 0.05) is 33.8 Å². The van der Waals surface area contributed by atoms with E-state index in [9.17, 15) is 9.59 Å². The first kappa shape index (κ1) is 17.0. The molecule has 4 nitrogen and oxygen atoms in total.